The van der Waals surface area contributed by atoms with Gasteiger partial charge in [0.1, 0.15) is 5.82 Å². The Kier molecular flexibility index (Phi) is 4.87. The molecule has 170 valence electrons. The van der Waals surface area contributed by atoms with Crippen LogP contribution in [0.15, 0.2) is 65.8 Å². The van der Waals surface area contributed by atoms with Gasteiger partial charge in [0.05, 0.1) is 23.6 Å². The van der Waals surface area contributed by atoms with Crippen LogP contribution in [0.2, 0.25) is 0 Å². The maximum absolute atomic E-state index is 4.99. The van der Waals surface area contributed by atoms with Crippen molar-refractivity contribution in [1.82, 2.24) is 15.3 Å². The average Bonchev–Trinajstić information content (AvgIpc) is 3.69. The van der Waals surface area contributed by atoms with Gasteiger partial charge in [0.2, 0.25) is 0 Å². The molecule has 7 rings (SSSR count). The van der Waals surface area contributed by atoms with Gasteiger partial charge >= 0.3 is 0 Å². The van der Waals surface area contributed by atoms with Crippen molar-refractivity contribution in [2.75, 3.05) is 6.54 Å². The summed E-state index contributed by atoms with van der Waals surface area (Å²) < 4.78 is 0. The maximum Gasteiger partial charge on any atom is 0.123 e. The fourth-order valence-electron chi connectivity index (χ4n) is 6.07. The summed E-state index contributed by atoms with van der Waals surface area (Å²) in [6.07, 6.45) is 10.8. The fraction of sp³-hybridized carbons (Fsp3) is 0.333. The van der Waals surface area contributed by atoms with Gasteiger partial charge in [-0.1, -0.05) is 43.2 Å². The van der Waals surface area contributed by atoms with Gasteiger partial charge in [-0.3, -0.25) is 4.99 Å². The van der Waals surface area contributed by atoms with Gasteiger partial charge in [-0.15, -0.1) is 0 Å². The molecule has 4 aromatic rings. The monoisotopic (exact) mass is 446 g/mol. The van der Waals surface area contributed by atoms with Gasteiger partial charge in [-0.05, 0) is 89.9 Å². The van der Waals surface area contributed by atoms with Crippen LogP contribution in [0.3, 0.4) is 0 Å². The summed E-state index contributed by atoms with van der Waals surface area (Å²) >= 11 is 0. The lowest BCUT2D eigenvalue weighted by molar-refractivity contribution is 0.613. The summed E-state index contributed by atoms with van der Waals surface area (Å²) in [4.78, 5) is 13.2. The lowest BCUT2D eigenvalue weighted by Crippen LogP contribution is -2.14. The molecule has 1 saturated heterocycles. The number of aliphatic imine (C=N–C) groups is 1. The molecule has 3 heterocycles. The Morgan fingerprint density at radius 1 is 0.765 bits per heavy atom. The van der Waals surface area contributed by atoms with E-state index in [0.29, 0.717) is 12.0 Å². The van der Waals surface area contributed by atoms with Crippen molar-refractivity contribution in [1.29, 1.82) is 0 Å². The summed E-state index contributed by atoms with van der Waals surface area (Å²) in [5.74, 6) is 1.77. The molecule has 2 fully saturated rings. The maximum atomic E-state index is 4.99. The summed E-state index contributed by atoms with van der Waals surface area (Å²) in [6.45, 7) is 1.08. The lowest BCUT2D eigenvalue weighted by atomic mass is 9.95. The van der Waals surface area contributed by atoms with E-state index in [4.69, 9.17) is 4.99 Å². The highest BCUT2D eigenvalue weighted by Crippen LogP contribution is 2.37. The predicted molar refractivity (Wildman–Crippen MR) is 140 cm³/mol. The third-order valence-electron chi connectivity index (χ3n) is 8.01. The zero-order valence-corrected chi connectivity index (χ0v) is 19.5. The quantitative estimate of drug-likeness (QED) is 0.350. The van der Waals surface area contributed by atoms with Gasteiger partial charge < -0.3 is 10.3 Å². The van der Waals surface area contributed by atoms with E-state index >= 15 is 0 Å². The van der Waals surface area contributed by atoms with Crippen LogP contribution in [0.25, 0.3) is 33.2 Å². The zero-order chi connectivity index (χ0) is 22.5. The highest BCUT2D eigenvalue weighted by atomic mass is 15.0. The first-order valence-electron chi connectivity index (χ1n) is 12.8. The van der Waals surface area contributed by atoms with Crippen LogP contribution in [-0.2, 0) is 6.42 Å². The molecule has 3 aromatic carbocycles. The molecule has 0 unspecified atom stereocenters. The number of aromatic amines is 1. The number of hydrogen-bond acceptors (Lipinski definition) is 3. The molecular weight excluding hydrogens is 416 g/mol. The van der Waals surface area contributed by atoms with Crippen molar-refractivity contribution < 1.29 is 0 Å². The molecule has 0 spiro atoms. The normalized spacial score (nSPS) is 20.2. The Morgan fingerprint density at radius 2 is 1.53 bits per heavy atom. The van der Waals surface area contributed by atoms with Crippen molar-refractivity contribution in [3.8, 4) is 22.4 Å². The van der Waals surface area contributed by atoms with Crippen LogP contribution >= 0.6 is 0 Å². The molecule has 1 aliphatic carbocycles. The number of fused-ring (bicyclic) bond motifs is 2. The number of rotatable bonds is 4. The van der Waals surface area contributed by atoms with Crippen LogP contribution in [-0.4, -0.2) is 22.2 Å². The van der Waals surface area contributed by atoms with Gasteiger partial charge in [0.15, 0.2) is 0 Å². The molecule has 3 aliphatic rings. The molecule has 34 heavy (non-hydrogen) atoms. The van der Waals surface area contributed by atoms with Crippen molar-refractivity contribution >= 4 is 22.2 Å². The Labute approximate surface area is 200 Å². The van der Waals surface area contributed by atoms with Gasteiger partial charge in [-0.2, -0.15) is 0 Å². The molecule has 1 aromatic heterocycles. The molecule has 0 bridgehead atoms. The van der Waals surface area contributed by atoms with E-state index in [1.807, 2.05) is 6.20 Å². The Morgan fingerprint density at radius 3 is 2.35 bits per heavy atom. The van der Waals surface area contributed by atoms with Crippen LogP contribution < -0.4 is 5.32 Å². The van der Waals surface area contributed by atoms with E-state index in [0.717, 1.165) is 30.9 Å². The smallest absolute Gasteiger partial charge is 0.123 e. The van der Waals surface area contributed by atoms with Crippen LogP contribution in [0.4, 0.5) is 5.69 Å². The van der Waals surface area contributed by atoms with E-state index in [9.17, 15) is 0 Å². The van der Waals surface area contributed by atoms with Gasteiger partial charge in [0.25, 0.3) is 0 Å². The first-order valence-corrected chi connectivity index (χ1v) is 12.8. The molecule has 2 aliphatic heterocycles. The van der Waals surface area contributed by atoms with Crippen molar-refractivity contribution in [3.05, 3.63) is 72.2 Å². The SMILES string of the molecule is c1cc2c(cc1-c1ccc3cc(-c4cnc([C@@H]5CCCN5)[nH]4)ccc3c1)CC(C1CCCC1)=N2. The van der Waals surface area contributed by atoms with Gasteiger partial charge in [0, 0.05) is 17.7 Å². The topological polar surface area (TPSA) is 53.1 Å². The Hall–Kier alpha value is -3.24. The molecule has 2 N–H and O–H groups in total. The third kappa shape index (κ3) is 3.57. The molecule has 1 saturated carbocycles. The standard InChI is InChI=1S/C30H30N4/c1-2-5-19(4-1)28-17-25-16-23(11-12-26(25)33-28)20-7-8-22-15-24(10-9-21(22)14-20)29-18-32-30(34-29)27-6-3-13-31-27/h7-12,14-16,18-19,27,31H,1-6,13,17H2,(H,32,34)/t27-/m0/s1. The van der Waals surface area contributed by atoms with Crippen LogP contribution in [0.5, 0.6) is 0 Å². The second-order valence-corrected chi connectivity index (χ2v) is 10.2. The minimum Gasteiger partial charge on any atom is -0.341 e. The minimum atomic E-state index is 0.365. The highest BCUT2D eigenvalue weighted by Gasteiger charge is 2.25. The summed E-state index contributed by atoms with van der Waals surface area (Å²) in [5, 5.41) is 6.04. The largest absolute Gasteiger partial charge is 0.341 e. The van der Waals surface area contributed by atoms with E-state index in [2.05, 4.69) is 69.9 Å². The second-order valence-electron chi connectivity index (χ2n) is 10.2. The molecule has 1 atom stereocenters. The first kappa shape index (κ1) is 20.2. The summed E-state index contributed by atoms with van der Waals surface area (Å²) in [7, 11) is 0. The summed E-state index contributed by atoms with van der Waals surface area (Å²) in [6, 6.07) is 20.7. The number of nitrogens with one attached hydrogen (secondary N) is 2. The predicted octanol–water partition coefficient (Wildman–Crippen LogP) is 7.14. The number of nitrogens with zero attached hydrogens (tertiary/aromatic N) is 2. The summed E-state index contributed by atoms with van der Waals surface area (Å²) in [5.41, 5.74) is 8.83. The van der Waals surface area contributed by atoms with E-state index in [1.165, 1.54) is 76.5 Å². The Bertz CT molecular complexity index is 1400. The molecule has 0 amide bonds. The number of benzene rings is 3. The molecule has 4 nitrogen and oxygen atoms in total. The molecule has 0 radical (unpaired) electrons. The van der Waals surface area contributed by atoms with Crippen molar-refractivity contribution in [2.45, 2.75) is 51.0 Å². The number of H-pyrrole nitrogens is 1. The highest BCUT2D eigenvalue weighted by molar-refractivity contribution is 5.97. The number of aromatic nitrogens is 2. The lowest BCUT2D eigenvalue weighted by Gasteiger charge is -2.09. The van der Waals surface area contributed by atoms with E-state index < -0.39 is 0 Å². The molecule has 4 heteroatoms. The minimum absolute atomic E-state index is 0.365. The zero-order valence-electron chi connectivity index (χ0n) is 19.5. The number of hydrogen-bond donors (Lipinski definition) is 2. The first-order chi connectivity index (χ1) is 16.8. The van der Waals surface area contributed by atoms with E-state index in [1.54, 1.807) is 0 Å². The van der Waals surface area contributed by atoms with Gasteiger partial charge in [-0.25, -0.2) is 4.98 Å². The van der Waals surface area contributed by atoms with Crippen LogP contribution in [0.1, 0.15) is 56.0 Å². The number of imidazole rings is 1. The Balaban J connectivity index is 1.14. The van der Waals surface area contributed by atoms with Crippen molar-refractivity contribution in [3.63, 3.8) is 0 Å². The van der Waals surface area contributed by atoms with Crippen LogP contribution in [0, 0.1) is 5.92 Å². The van der Waals surface area contributed by atoms with Crippen molar-refractivity contribution in [2.24, 2.45) is 10.9 Å². The second kappa shape index (κ2) is 8.21. The molecular formula is C30H30N4. The third-order valence-corrected chi connectivity index (χ3v) is 8.01. The van der Waals surface area contributed by atoms with E-state index in [-0.39, 0.29) is 0 Å². The fourth-order valence-corrected chi connectivity index (χ4v) is 6.07. The average molecular weight is 447 g/mol.